The second-order valence-corrected chi connectivity index (χ2v) is 7.10. The van der Waals surface area contributed by atoms with E-state index in [2.05, 4.69) is 4.98 Å². The highest BCUT2D eigenvalue weighted by atomic mass is 35.5. The molecule has 4 rings (SSSR count). The van der Waals surface area contributed by atoms with E-state index in [1.807, 2.05) is 12.1 Å². The van der Waals surface area contributed by atoms with Gasteiger partial charge in [0.15, 0.2) is 22.5 Å². The number of nitrogens with zero attached hydrogens (tertiary/aromatic N) is 1. The number of benzene rings is 2. The monoisotopic (exact) mass is 451 g/mol. The molecule has 2 aromatic carbocycles. The summed E-state index contributed by atoms with van der Waals surface area (Å²) in [5.41, 5.74) is 1.48. The average Bonchev–Trinajstić information content (AvgIpc) is 2.69. The summed E-state index contributed by atoms with van der Waals surface area (Å²) >= 11 is 12.2. The molecule has 8 heteroatoms. The van der Waals surface area contributed by atoms with Crippen LogP contribution in [0.1, 0.15) is 11.1 Å². The summed E-state index contributed by atoms with van der Waals surface area (Å²) in [5.74, 6) is 1.22. The first kappa shape index (κ1) is 21.2. The van der Waals surface area contributed by atoms with Crippen molar-refractivity contribution in [3.63, 3.8) is 0 Å². The zero-order valence-corrected chi connectivity index (χ0v) is 17.8. The van der Waals surface area contributed by atoms with Crippen LogP contribution in [0.25, 0.3) is 21.7 Å². The lowest BCUT2D eigenvalue weighted by molar-refractivity contribution is 0.356. The van der Waals surface area contributed by atoms with Crippen LogP contribution in [-0.4, -0.2) is 19.2 Å². The first-order valence-corrected chi connectivity index (χ1v) is 9.15. The molecule has 0 aliphatic rings. The van der Waals surface area contributed by atoms with Gasteiger partial charge in [-0.05, 0) is 35.2 Å². The van der Waals surface area contributed by atoms with Gasteiger partial charge in [0, 0.05) is 34.8 Å². The number of hydrogen-bond donors (Lipinski definition) is 0. The molecule has 0 spiro atoms. The summed E-state index contributed by atoms with van der Waals surface area (Å²) in [6.07, 6.45) is 5.23. The molecule has 4 aromatic rings. The van der Waals surface area contributed by atoms with Crippen LogP contribution in [0.4, 0.5) is 0 Å². The molecule has 0 fully saturated rings. The second kappa shape index (κ2) is 8.49. The van der Waals surface area contributed by atoms with E-state index in [1.54, 1.807) is 38.7 Å². The van der Waals surface area contributed by atoms with Crippen LogP contribution in [0.15, 0.2) is 52.1 Å². The Morgan fingerprint density at radius 3 is 2.41 bits per heavy atom. The molecule has 0 aliphatic heterocycles. The minimum atomic E-state index is -0.178. The van der Waals surface area contributed by atoms with Gasteiger partial charge in [-0.3, -0.25) is 9.78 Å². The van der Waals surface area contributed by atoms with E-state index < -0.39 is 0 Å². The summed E-state index contributed by atoms with van der Waals surface area (Å²) < 4.78 is 16.4. The third kappa shape index (κ3) is 3.86. The topological polar surface area (TPSA) is 61.6 Å². The lowest BCUT2D eigenvalue weighted by Gasteiger charge is -2.12. The standard InChI is InChI=1S/C21H15Cl2NO4.ClH/c1-26-18-4-12-9-24-8-11(15(12)7-19(18)27-2)3-13-10-28-21-16(20(13)25)5-14(22)6-17(21)23;/h4-10H,3H2,1-2H3;1H. The Balaban J connectivity index is 0.00000240. The van der Waals surface area contributed by atoms with E-state index in [0.717, 1.165) is 16.3 Å². The maximum absolute atomic E-state index is 13.0. The number of ether oxygens (including phenoxy) is 2. The van der Waals surface area contributed by atoms with Crippen molar-refractivity contribution in [2.75, 3.05) is 14.2 Å². The molecule has 0 atom stereocenters. The SMILES string of the molecule is COc1cc2cncc(Cc3coc4c(Cl)cc(Cl)cc4c3=O)c2cc1OC.Cl. The fourth-order valence-electron chi connectivity index (χ4n) is 3.23. The quantitative estimate of drug-likeness (QED) is 0.399. The number of aromatic nitrogens is 1. The minimum Gasteiger partial charge on any atom is -0.493 e. The van der Waals surface area contributed by atoms with Crippen molar-refractivity contribution in [3.05, 3.63) is 74.3 Å². The Kier molecular flexibility index (Phi) is 6.22. The van der Waals surface area contributed by atoms with Crippen LogP contribution in [-0.2, 0) is 6.42 Å². The van der Waals surface area contributed by atoms with E-state index in [9.17, 15) is 4.79 Å². The van der Waals surface area contributed by atoms with Crippen LogP contribution < -0.4 is 14.9 Å². The minimum absolute atomic E-state index is 0. The first-order valence-electron chi connectivity index (χ1n) is 8.40. The Morgan fingerprint density at radius 1 is 0.966 bits per heavy atom. The molecule has 0 bridgehead atoms. The molecule has 0 amide bonds. The van der Waals surface area contributed by atoms with Gasteiger partial charge >= 0.3 is 0 Å². The maximum atomic E-state index is 13.0. The van der Waals surface area contributed by atoms with Crippen LogP contribution in [0.2, 0.25) is 10.0 Å². The van der Waals surface area contributed by atoms with Crippen molar-refractivity contribution >= 4 is 57.4 Å². The van der Waals surface area contributed by atoms with Crippen molar-refractivity contribution in [3.8, 4) is 11.5 Å². The zero-order chi connectivity index (χ0) is 19.8. The summed E-state index contributed by atoms with van der Waals surface area (Å²) in [5, 5.41) is 2.82. The number of methoxy groups -OCH3 is 2. The highest BCUT2D eigenvalue weighted by Gasteiger charge is 2.14. The Bertz CT molecular complexity index is 1270. The molecular weight excluding hydrogens is 437 g/mol. The van der Waals surface area contributed by atoms with Crippen molar-refractivity contribution in [2.45, 2.75) is 6.42 Å². The number of rotatable bonds is 4. The van der Waals surface area contributed by atoms with Gasteiger partial charge in [-0.1, -0.05) is 23.2 Å². The highest BCUT2D eigenvalue weighted by Crippen LogP contribution is 2.34. The number of hydrogen-bond acceptors (Lipinski definition) is 5. The van der Waals surface area contributed by atoms with Gasteiger partial charge in [-0.25, -0.2) is 0 Å². The Labute approximate surface area is 182 Å². The Hall–Kier alpha value is -2.47. The summed E-state index contributed by atoms with van der Waals surface area (Å²) in [6.45, 7) is 0. The predicted octanol–water partition coefficient (Wildman–Crippen LogP) is 5.68. The van der Waals surface area contributed by atoms with E-state index in [4.69, 9.17) is 37.1 Å². The van der Waals surface area contributed by atoms with E-state index in [-0.39, 0.29) is 17.8 Å². The molecule has 0 saturated carbocycles. The zero-order valence-electron chi connectivity index (χ0n) is 15.5. The molecule has 2 heterocycles. The van der Waals surface area contributed by atoms with Crippen molar-refractivity contribution in [1.82, 2.24) is 4.98 Å². The number of fused-ring (bicyclic) bond motifs is 2. The largest absolute Gasteiger partial charge is 0.493 e. The molecule has 150 valence electrons. The van der Waals surface area contributed by atoms with Crippen molar-refractivity contribution < 1.29 is 13.9 Å². The molecule has 0 saturated heterocycles. The highest BCUT2D eigenvalue weighted by molar-refractivity contribution is 6.38. The van der Waals surface area contributed by atoms with Gasteiger partial charge in [0.2, 0.25) is 0 Å². The number of pyridine rings is 1. The molecule has 29 heavy (non-hydrogen) atoms. The van der Waals surface area contributed by atoms with Crippen LogP contribution in [0, 0.1) is 0 Å². The normalized spacial score (nSPS) is 10.8. The van der Waals surface area contributed by atoms with Crippen molar-refractivity contribution in [2.24, 2.45) is 0 Å². The third-order valence-corrected chi connectivity index (χ3v) is 5.09. The molecule has 2 aromatic heterocycles. The average molecular weight is 453 g/mol. The molecule has 0 N–H and O–H groups in total. The van der Waals surface area contributed by atoms with E-state index >= 15 is 0 Å². The van der Waals surface area contributed by atoms with Crippen LogP contribution in [0.3, 0.4) is 0 Å². The van der Waals surface area contributed by atoms with Crippen LogP contribution in [0.5, 0.6) is 11.5 Å². The summed E-state index contributed by atoms with van der Waals surface area (Å²) in [7, 11) is 3.16. The summed E-state index contributed by atoms with van der Waals surface area (Å²) in [4.78, 5) is 17.2. The van der Waals surface area contributed by atoms with Gasteiger partial charge in [0.25, 0.3) is 0 Å². The Morgan fingerprint density at radius 2 is 1.69 bits per heavy atom. The molecule has 0 radical (unpaired) electrons. The van der Waals surface area contributed by atoms with Gasteiger partial charge in [-0.2, -0.15) is 0 Å². The van der Waals surface area contributed by atoms with Crippen LogP contribution >= 0.6 is 35.6 Å². The van der Waals surface area contributed by atoms with Gasteiger partial charge in [0.1, 0.15) is 0 Å². The molecule has 0 aliphatic carbocycles. The number of halogens is 3. The van der Waals surface area contributed by atoms with Crippen molar-refractivity contribution in [1.29, 1.82) is 0 Å². The fraction of sp³-hybridized carbons (Fsp3) is 0.143. The van der Waals surface area contributed by atoms with Gasteiger partial charge in [-0.15, -0.1) is 12.4 Å². The fourth-order valence-corrected chi connectivity index (χ4v) is 3.77. The van der Waals surface area contributed by atoms with Gasteiger partial charge < -0.3 is 13.9 Å². The second-order valence-electron chi connectivity index (χ2n) is 6.26. The lowest BCUT2D eigenvalue weighted by atomic mass is 10.0. The van der Waals surface area contributed by atoms with E-state index in [1.165, 1.54) is 6.26 Å². The third-order valence-electron chi connectivity index (χ3n) is 4.59. The van der Waals surface area contributed by atoms with E-state index in [0.29, 0.717) is 44.5 Å². The molecule has 5 nitrogen and oxygen atoms in total. The predicted molar refractivity (Wildman–Crippen MR) is 117 cm³/mol. The molecule has 0 unspecified atom stereocenters. The smallest absolute Gasteiger partial charge is 0.196 e. The lowest BCUT2D eigenvalue weighted by Crippen LogP contribution is -2.10. The summed E-state index contributed by atoms with van der Waals surface area (Å²) in [6, 6.07) is 6.84. The van der Waals surface area contributed by atoms with Gasteiger partial charge in [0.05, 0.1) is 30.9 Å². The maximum Gasteiger partial charge on any atom is 0.196 e. The molecular formula is C21H16Cl3NO4. The first-order chi connectivity index (χ1) is 13.5.